The van der Waals surface area contributed by atoms with E-state index in [1.165, 1.54) is 6.33 Å². The summed E-state index contributed by atoms with van der Waals surface area (Å²) in [5, 5.41) is 9.20. The first-order chi connectivity index (χ1) is 6.57. The van der Waals surface area contributed by atoms with Crippen LogP contribution < -0.4 is 10.6 Å². The van der Waals surface area contributed by atoms with Crippen LogP contribution in [0, 0.1) is 0 Å². The van der Waals surface area contributed by atoms with E-state index in [1.807, 2.05) is 6.92 Å². The maximum absolute atomic E-state index is 8.97. The fourth-order valence-corrected chi connectivity index (χ4v) is 1.11. The smallest absolute Gasteiger partial charge is 0.157 e. The molecule has 5 nitrogen and oxygen atoms in total. The Morgan fingerprint density at radius 1 is 1.64 bits per heavy atom. The molecule has 3 N–H and O–H groups in total. The van der Waals surface area contributed by atoms with Gasteiger partial charge in [0.2, 0.25) is 0 Å². The molecule has 0 aliphatic heterocycles. The lowest BCUT2D eigenvalue weighted by Crippen LogP contribution is -2.33. The van der Waals surface area contributed by atoms with Crippen molar-refractivity contribution < 1.29 is 5.11 Å². The fraction of sp³-hybridized carbons (Fsp3) is 0.500. The molecule has 0 bridgehead atoms. The molecule has 0 aliphatic carbocycles. The number of halogens is 1. The number of hydrogen-bond donors (Lipinski definition) is 2. The molecule has 0 aromatic carbocycles. The van der Waals surface area contributed by atoms with Crippen molar-refractivity contribution in [2.24, 2.45) is 0 Å². The molecule has 1 heterocycles. The zero-order valence-electron chi connectivity index (χ0n) is 8.11. The second kappa shape index (κ2) is 4.43. The number of anilines is 2. The summed E-state index contributed by atoms with van der Waals surface area (Å²) in [5.41, 5.74) is 6.03. The first kappa shape index (κ1) is 11.0. The minimum atomic E-state index is -0.0664. The van der Waals surface area contributed by atoms with Gasteiger partial charge in [0.05, 0.1) is 12.6 Å². The monoisotopic (exact) mass is 216 g/mol. The van der Waals surface area contributed by atoms with Gasteiger partial charge in [0.25, 0.3) is 0 Å². The zero-order valence-corrected chi connectivity index (χ0v) is 8.86. The van der Waals surface area contributed by atoms with E-state index in [2.05, 4.69) is 9.97 Å². The van der Waals surface area contributed by atoms with Crippen molar-refractivity contribution in [3.63, 3.8) is 0 Å². The molecular formula is C8H13ClN4O. The molecule has 0 radical (unpaired) electrons. The Morgan fingerprint density at radius 3 is 2.86 bits per heavy atom. The number of likely N-dealkylation sites (N-methyl/N-ethyl adjacent to an activating group) is 1. The van der Waals surface area contributed by atoms with Gasteiger partial charge in [-0.25, -0.2) is 9.97 Å². The highest BCUT2D eigenvalue weighted by Gasteiger charge is 2.14. The number of aromatic nitrogens is 2. The molecule has 1 rings (SSSR count). The lowest BCUT2D eigenvalue weighted by molar-refractivity contribution is 0.270. The average Bonchev–Trinajstić information content (AvgIpc) is 2.20. The zero-order chi connectivity index (χ0) is 10.7. The van der Waals surface area contributed by atoms with Gasteiger partial charge in [-0.3, -0.25) is 0 Å². The summed E-state index contributed by atoms with van der Waals surface area (Å²) < 4.78 is 0. The minimum absolute atomic E-state index is 0.0254. The molecule has 14 heavy (non-hydrogen) atoms. The van der Waals surface area contributed by atoms with Crippen LogP contribution in [-0.2, 0) is 0 Å². The van der Waals surface area contributed by atoms with Gasteiger partial charge in [-0.1, -0.05) is 11.6 Å². The largest absolute Gasteiger partial charge is 0.394 e. The van der Waals surface area contributed by atoms with Crippen LogP contribution in [0.2, 0.25) is 5.15 Å². The van der Waals surface area contributed by atoms with Crippen molar-refractivity contribution in [1.82, 2.24) is 9.97 Å². The highest BCUT2D eigenvalue weighted by molar-refractivity contribution is 6.32. The lowest BCUT2D eigenvalue weighted by atomic mass is 10.3. The molecule has 0 fully saturated rings. The van der Waals surface area contributed by atoms with Gasteiger partial charge in [0, 0.05) is 7.05 Å². The van der Waals surface area contributed by atoms with E-state index in [-0.39, 0.29) is 17.8 Å². The van der Waals surface area contributed by atoms with Gasteiger partial charge >= 0.3 is 0 Å². The Hall–Kier alpha value is -1.07. The summed E-state index contributed by atoms with van der Waals surface area (Å²) in [6.07, 6.45) is 1.34. The number of nitrogen functional groups attached to an aromatic ring is 1. The van der Waals surface area contributed by atoms with Crippen molar-refractivity contribution in [3.8, 4) is 0 Å². The van der Waals surface area contributed by atoms with Gasteiger partial charge in [-0.05, 0) is 6.92 Å². The highest BCUT2D eigenvalue weighted by atomic mass is 35.5. The summed E-state index contributed by atoms with van der Waals surface area (Å²) in [6.45, 7) is 1.88. The number of aliphatic hydroxyl groups is 1. The third-order valence-electron chi connectivity index (χ3n) is 2.07. The first-order valence-corrected chi connectivity index (χ1v) is 4.55. The highest BCUT2D eigenvalue weighted by Crippen LogP contribution is 2.25. The van der Waals surface area contributed by atoms with E-state index in [0.29, 0.717) is 11.5 Å². The van der Waals surface area contributed by atoms with E-state index in [4.69, 9.17) is 22.4 Å². The third-order valence-corrected chi connectivity index (χ3v) is 2.37. The number of nitrogens with zero attached hydrogens (tertiary/aromatic N) is 3. The fourth-order valence-electron chi connectivity index (χ4n) is 0.978. The quantitative estimate of drug-likeness (QED) is 0.721. The molecule has 1 aromatic rings. The van der Waals surface area contributed by atoms with Gasteiger partial charge in [0.1, 0.15) is 12.0 Å². The van der Waals surface area contributed by atoms with Crippen LogP contribution in [0.4, 0.5) is 11.5 Å². The summed E-state index contributed by atoms with van der Waals surface area (Å²) in [4.78, 5) is 9.50. The molecule has 78 valence electrons. The van der Waals surface area contributed by atoms with Gasteiger partial charge in [-0.2, -0.15) is 0 Å². The minimum Gasteiger partial charge on any atom is -0.394 e. The van der Waals surface area contributed by atoms with Crippen molar-refractivity contribution in [3.05, 3.63) is 11.5 Å². The van der Waals surface area contributed by atoms with E-state index in [9.17, 15) is 0 Å². The maximum Gasteiger partial charge on any atom is 0.157 e. The van der Waals surface area contributed by atoms with Crippen LogP contribution in [0.1, 0.15) is 6.92 Å². The van der Waals surface area contributed by atoms with Crippen LogP contribution in [0.3, 0.4) is 0 Å². The Morgan fingerprint density at radius 2 is 2.29 bits per heavy atom. The molecule has 0 amide bonds. The van der Waals surface area contributed by atoms with Gasteiger partial charge in [0.15, 0.2) is 11.0 Å². The number of nitrogens with two attached hydrogens (primary N) is 1. The molecule has 1 aromatic heterocycles. The Balaban J connectivity index is 3.01. The van der Waals surface area contributed by atoms with Crippen LogP contribution in [0.15, 0.2) is 6.33 Å². The average molecular weight is 217 g/mol. The molecular weight excluding hydrogens is 204 g/mol. The van der Waals surface area contributed by atoms with Crippen LogP contribution in [0.25, 0.3) is 0 Å². The van der Waals surface area contributed by atoms with E-state index in [1.54, 1.807) is 11.9 Å². The first-order valence-electron chi connectivity index (χ1n) is 4.17. The standard InChI is InChI=1S/C8H13ClN4O/c1-5(3-14)13(2)8-6(10)7(9)11-4-12-8/h4-5,14H,3,10H2,1-2H3. The van der Waals surface area contributed by atoms with E-state index < -0.39 is 0 Å². The number of aliphatic hydroxyl groups excluding tert-OH is 1. The normalized spacial score (nSPS) is 12.6. The van der Waals surface area contributed by atoms with Crippen LogP contribution in [-0.4, -0.2) is 34.8 Å². The summed E-state index contributed by atoms with van der Waals surface area (Å²) in [5.74, 6) is 0.534. The predicted octanol–water partition coefficient (Wildman–Crippen LogP) is 0.529. The lowest BCUT2D eigenvalue weighted by Gasteiger charge is -2.25. The van der Waals surface area contributed by atoms with Crippen LogP contribution in [0.5, 0.6) is 0 Å². The topological polar surface area (TPSA) is 75.3 Å². The van der Waals surface area contributed by atoms with Crippen molar-refractivity contribution in [2.45, 2.75) is 13.0 Å². The summed E-state index contributed by atoms with van der Waals surface area (Å²) >= 11 is 5.74. The van der Waals surface area contributed by atoms with E-state index in [0.717, 1.165) is 0 Å². The summed E-state index contributed by atoms with van der Waals surface area (Å²) in [7, 11) is 1.79. The molecule has 1 atom stereocenters. The Kier molecular flexibility index (Phi) is 3.49. The third kappa shape index (κ3) is 2.05. The van der Waals surface area contributed by atoms with Gasteiger partial charge < -0.3 is 15.7 Å². The second-order valence-corrected chi connectivity index (χ2v) is 3.40. The second-order valence-electron chi connectivity index (χ2n) is 3.04. The molecule has 0 saturated carbocycles. The molecule has 6 heteroatoms. The van der Waals surface area contributed by atoms with Gasteiger partial charge in [-0.15, -0.1) is 0 Å². The van der Waals surface area contributed by atoms with E-state index >= 15 is 0 Å². The Labute approximate surface area is 87.5 Å². The number of rotatable bonds is 3. The Bertz CT molecular complexity index is 320. The molecule has 0 saturated heterocycles. The molecule has 0 aliphatic rings. The predicted molar refractivity (Wildman–Crippen MR) is 56.4 cm³/mol. The van der Waals surface area contributed by atoms with Crippen molar-refractivity contribution in [1.29, 1.82) is 0 Å². The summed E-state index contributed by atoms with van der Waals surface area (Å²) in [6, 6.07) is -0.0664. The van der Waals surface area contributed by atoms with Crippen LogP contribution >= 0.6 is 11.6 Å². The van der Waals surface area contributed by atoms with Crippen molar-refractivity contribution >= 4 is 23.1 Å². The SMILES string of the molecule is CC(CO)N(C)c1ncnc(Cl)c1N. The molecule has 1 unspecified atom stereocenters. The maximum atomic E-state index is 8.97. The van der Waals surface area contributed by atoms with Crippen molar-refractivity contribution in [2.75, 3.05) is 24.3 Å². The molecule has 0 spiro atoms. The number of hydrogen-bond acceptors (Lipinski definition) is 5.